The second kappa shape index (κ2) is 3.51. The summed E-state index contributed by atoms with van der Waals surface area (Å²) in [6, 6.07) is 0. The van der Waals surface area contributed by atoms with Gasteiger partial charge < -0.3 is 0 Å². The largest absolute Gasteiger partial charge is 0.265 e. The van der Waals surface area contributed by atoms with Crippen LogP contribution in [0.5, 0.6) is 0 Å². The summed E-state index contributed by atoms with van der Waals surface area (Å²) < 4.78 is 0. The summed E-state index contributed by atoms with van der Waals surface area (Å²) in [6.45, 7) is 6.44. The molecule has 1 heterocycles. The summed E-state index contributed by atoms with van der Waals surface area (Å²) in [5.74, 6) is 0.571. The summed E-state index contributed by atoms with van der Waals surface area (Å²) in [5, 5.41) is 0. The van der Waals surface area contributed by atoms with Crippen molar-refractivity contribution in [1.82, 2.24) is 0 Å². The molecule has 1 aliphatic rings. The number of nitrogens with zero attached hydrogens (tertiary/aromatic N) is 1. The SMILES string of the molecule is CC1=CN=C(C(C)C)CC=C1. The maximum atomic E-state index is 4.40. The summed E-state index contributed by atoms with van der Waals surface area (Å²) in [7, 11) is 0. The van der Waals surface area contributed by atoms with Gasteiger partial charge in [0.1, 0.15) is 0 Å². The van der Waals surface area contributed by atoms with Crippen molar-refractivity contribution in [3.8, 4) is 0 Å². The molecule has 0 aliphatic carbocycles. The van der Waals surface area contributed by atoms with E-state index < -0.39 is 0 Å². The van der Waals surface area contributed by atoms with Gasteiger partial charge in [0.2, 0.25) is 0 Å². The van der Waals surface area contributed by atoms with E-state index in [9.17, 15) is 0 Å². The van der Waals surface area contributed by atoms with Crippen LogP contribution >= 0.6 is 0 Å². The van der Waals surface area contributed by atoms with Gasteiger partial charge in [0.25, 0.3) is 0 Å². The Balaban J connectivity index is 2.78. The molecule has 1 rings (SSSR count). The van der Waals surface area contributed by atoms with Gasteiger partial charge in [0.05, 0.1) is 0 Å². The highest BCUT2D eigenvalue weighted by Crippen LogP contribution is 2.09. The smallest absolute Gasteiger partial charge is 0.0296 e. The van der Waals surface area contributed by atoms with Crippen LogP contribution in [0.15, 0.2) is 28.9 Å². The summed E-state index contributed by atoms with van der Waals surface area (Å²) in [5.41, 5.74) is 2.51. The van der Waals surface area contributed by atoms with E-state index in [4.69, 9.17) is 0 Å². The third kappa shape index (κ3) is 2.34. The van der Waals surface area contributed by atoms with Crippen molar-refractivity contribution < 1.29 is 0 Å². The molecule has 60 valence electrons. The molecule has 11 heavy (non-hydrogen) atoms. The summed E-state index contributed by atoms with van der Waals surface area (Å²) in [6.07, 6.45) is 7.25. The molecule has 0 spiro atoms. The highest BCUT2D eigenvalue weighted by Gasteiger charge is 2.03. The maximum Gasteiger partial charge on any atom is 0.0296 e. The fourth-order valence-corrected chi connectivity index (χ4v) is 1.03. The first-order valence-corrected chi connectivity index (χ1v) is 4.10. The first-order chi connectivity index (χ1) is 5.20. The average molecular weight is 149 g/mol. The second-order valence-electron chi connectivity index (χ2n) is 3.25. The van der Waals surface area contributed by atoms with Gasteiger partial charge in [0.15, 0.2) is 0 Å². The maximum absolute atomic E-state index is 4.40. The van der Waals surface area contributed by atoms with Crippen molar-refractivity contribution in [3.05, 3.63) is 23.9 Å². The Hall–Kier alpha value is -0.850. The molecule has 0 radical (unpaired) electrons. The Labute approximate surface area is 68.5 Å². The van der Waals surface area contributed by atoms with Crippen LogP contribution in [0.25, 0.3) is 0 Å². The second-order valence-corrected chi connectivity index (χ2v) is 3.25. The van der Waals surface area contributed by atoms with Crippen molar-refractivity contribution in [3.63, 3.8) is 0 Å². The fraction of sp³-hybridized carbons (Fsp3) is 0.500. The standard InChI is InChI=1S/C10H15N/c1-8(2)10-6-4-5-9(3)7-11-10/h4-5,7-8H,6H2,1-3H3. The van der Waals surface area contributed by atoms with Gasteiger partial charge in [-0.1, -0.05) is 26.0 Å². The van der Waals surface area contributed by atoms with E-state index in [-0.39, 0.29) is 0 Å². The fourth-order valence-electron chi connectivity index (χ4n) is 1.03. The highest BCUT2D eigenvalue weighted by atomic mass is 14.7. The Morgan fingerprint density at radius 1 is 1.45 bits per heavy atom. The Bertz CT molecular complexity index is 219. The molecular formula is C10H15N. The normalized spacial score (nSPS) is 17.8. The van der Waals surface area contributed by atoms with Crippen LogP contribution in [0.1, 0.15) is 27.2 Å². The van der Waals surface area contributed by atoms with E-state index in [1.165, 1.54) is 11.3 Å². The lowest BCUT2D eigenvalue weighted by atomic mass is 10.1. The minimum atomic E-state index is 0.571. The van der Waals surface area contributed by atoms with Gasteiger partial charge >= 0.3 is 0 Å². The molecule has 0 N–H and O–H groups in total. The zero-order valence-corrected chi connectivity index (χ0v) is 7.46. The zero-order valence-electron chi connectivity index (χ0n) is 7.46. The van der Waals surface area contributed by atoms with Crippen molar-refractivity contribution in [2.75, 3.05) is 0 Å². The third-order valence-electron chi connectivity index (χ3n) is 1.81. The molecule has 0 amide bonds. The van der Waals surface area contributed by atoms with Crippen molar-refractivity contribution in [2.24, 2.45) is 10.9 Å². The highest BCUT2D eigenvalue weighted by molar-refractivity contribution is 5.88. The van der Waals surface area contributed by atoms with E-state index >= 15 is 0 Å². The zero-order chi connectivity index (χ0) is 8.27. The van der Waals surface area contributed by atoms with Crippen LogP contribution < -0.4 is 0 Å². The minimum Gasteiger partial charge on any atom is -0.265 e. The number of hydrogen-bond donors (Lipinski definition) is 0. The Kier molecular flexibility index (Phi) is 2.64. The summed E-state index contributed by atoms with van der Waals surface area (Å²) in [4.78, 5) is 4.40. The quantitative estimate of drug-likeness (QED) is 0.543. The van der Waals surface area contributed by atoms with Crippen LogP contribution in [0, 0.1) is 5.92 Å². The van der Waals surface area contributed by atoms with Gasteiger partial charge in [-0.15, -0.1) is 0 Å². The van der Waals surface area contributed by atoms with E-state index in [0.717, 1.165) is 6.42 Å². The monoisotopic (exact) mass is 149 g/mol. The molecule has 0 aromatic heterocycles. The molecule has 0 aromatic carbocycles. The number of allylic oxidation sites excluding steroid dienone is 3. The van der Waals surface area contributed by atoms with Crippen LogP contribution in [0.2, 0.25) is 0 Å². The molecule has 1 aliphatic heterocycles. The lowest BCUT2D eigenvalue weighted by Gasteiger charge is -2.04. The van der Waals surface area contributed by atoms with E-state index in [2.05, 4.69) is 37.9 Å². The van der Waals surface area contributed by atoms with Crippen LogP contribution in [0.4, 0.5) is 0 Å². The van der Waals surface area contributed by atoms with Crippen LogP contribution in [0.3, 0.4) is 0 Å². The third-order valence-corrected chi connectivity index (χ3v) is 1.81. The molecule has 0 fully saturated rings. The van der Waals surface area contributed by atoms with Gasteiger partial charge in [0, 0.05) is 18.3 Å². The molecule has 0 aromatic rings. The lowest BCUT2D eigenvalue weighted by Crippen LogP contribution is -2.04. The van der Waals surface area contributed by atoms with Crippen molar-refractivity contribution >= 4 is 5.71 Å². The minimum absolute atomic E-state index is 0.571. The molecule has 0 unspecified atom stereocenters. The van der Waals surface area contributed by atoms with Crippen LogP contribution in [-0.4, -0.2) is 5.71 Å². The number of aliphatic imine (C=N–C) groups is 1. The predicted molar refractivity (Wildman–Crippen MR) is 49.8 cm³/mol. The first kappa shape index (κ1) is 8.25. The molecule has 1 heteroatoms. The van der Waals surface area contributed by atoms with E-state index in [0.29, 0.717) is 5.92 Å². The number of hydrogen-bond acceptors (Lipinski definition) is 1. The lowest BCUT2D eigenvalue weighted by molar-refractivity contribution is 0.867. The number of rotatable bonds is 1. The molecule has 1 nitrogen and oxygen atoms in total. The van der Waals surface area contributed by atoms with E-state index in [1.54, 1.807) is 0 Å². The first-order valence-electron chi connectivity index (χ1n) is 4.10. The van der Waals surface area contributed by atoms with Gasteiger partial charge in [-0.05, 0) is 18.4 Å². The molecule has 0 bridgehead atoms. The van der Waals surface area contributed by atoms with Gasteiger partial charge in [-0.2, -0.15) is 0 Å². The molecule has 0 atom stereocenters. The van der Waals surface area contributed by atoms with Crippen molar-refractivity contribution in [1.29, 1.82) is 0 Å². The van der Waals surface area contributed by atoms with Gasteiger partial charge in [-0.3, -0.25) is 4.99 Å². The van der Waals surface area contributed by atoms with Crippen LogP contribution in [-0.2, 0) is 0 Å². The Morgan fingerprint density at radius 2 is 2.18 bits per heavy atom. The summed E-state index contributed by atoms with van der Waals surface area (Å²) >= 11 is 0. The van der Waals surface area contributed by atoms with Gasteiger partial charge in [-0.25, -0.2) is 0 Å². The molecular weight excluding hydrogens is 134 g/mol. The Morgan fingerprint density at radius 3 is 2.82 bits per heavy atom. The molecule has 0 saturated heterocycles. The predicted octanol–water partition coefficient (Wildman–Crippen LogP) is 2.95. The van der Waals surface area contributed by atoms with E-state index in [1.807, 2.05) is 6.20 Å². The molecule has 0 saturated carbocycles. The van der Waals surface area contributed by atoms with Crippen molar-refractivity contribution in [2.45, 2.75) is 27.2 Å². The topological polar surface area (TPSA) is 12.4 Å². The average Bonchev–Trinajstić information content (AvgIpc) is 2.13.